The van der Waals surface area contributed by atoms with Crippen LogP contribution in [0.25, 0.3) is 192 Å². The molecule has 0 amide bonds. The van der Waals surface area contributed by atoms with Crippen LogP contribution in [-0.4, -0.2) is 32.2 Å². The molecule has 10 nitrogen and oxygen atoms in total. The Morgan fingerprint density at radius 2 is 0.533 bits per heavy atom. The zero-order chi connectivity index (χ0) is 93.1. The fraction of sp³-hybridized carbons (Fsp3) is 0.128. The van der Waals surface area contributed by atoms with Crippen molar-refractivity contribution in [3.05, 3.63) is 442 Å². The van der Waals surface area contributed by atoms with E-state index in [0.29, 0.717) is 0 Å². The summed E-state index contributed by atoms with van der Waals surface area (Å²) in [4.78, 5) is 4.71. The third kappa shape index (κ3) is 16.7. The second-order valence-corrected chi connectivity index (χ2v) is 36.6. The van der Waals surface area contributed by atoms with Crippen molar-refractivity contribution in [2.24, 2.45) is 21.1 Å². The molecule has 27 rings (SSSR count). The molecular formula is C125H109N7O3. The Bertz CT molecular complexity index is 9000. The van der Waals surface area contributed by atoms with Gasteiger partial charge in [0.25, 0.3) is 0 Å². The van der Waals surface area contributed by atoms with E-state index in [0.717, 1.165) is 44.8 Å². The van der Waals surface area contributed by atoms with E-state index >= 15 is 0 Å². The molecule has 0 atom stereocenters. The Morgan fingerprint density at radius 1 is 0.185 bits per heavy atom. The van der Waals surface area contributed by atoms with Gasteiger partial charge in [0.05, 0.1) is 44.1 Å². The topological polar surface area (TPSA) is 81.4 Å². The fourth-order valence-corrected chi connectivity index (χ4v) is 19.8. The number of hydrogen-bond donors (Lipinski definition) is 0. The summed E-state index contributed by atoms with van der Waals surface area (Å²) in [6, 6.07) is 131. The molecule has 0 radical (unpaired) electrons. The van der Waals surface area contributed by atoms with Crippen LogP contribution >= 0.6 is 0 Å². The predicted molar refractivity (Wildman–Crippen MR) is 574 cm³/mol. The zero-order valence-corrected chi connectivity index (χ0v) is 79.6. The summed E-state index contributed by atoms with van der Waals surface area (Å²) < 4.78 is 31.1. The number of aryl methyl sites for hydroxylation is 16. The van der Waals surface area contributed by atoms with Gasteiger partial charge in [-0.3, -0.25) is 4.40 Å². The molecule has 0 saturated carbocycles. The molecule has 0 aliphatic carbocycles. The van der Waals surface area contributed by atoms with Crippen LogP contribution in [-0.2, 0) is 21.1 Å². The number of furan rings is 3. The van der Waals surface area contributed by atoms with Crippen molar-refractivity contribution >= 4 is 181 Å². The Hall–Kier alpha value is -16.2. The highest BCUT2D eigenvalue weighted by Gasteiger charge is 2.20. The molecule has 27 aromatic rings. The quantitative estimate of drug-likeness (QED) is 0.173. The fourth-order valence-electron chi connectivity index (χ4n) is 19.8. The predicted octanol–water partition coefficient (Wildman–Crippen LogP) is 34.0. The van der Waals surface area contributed by atoms with Gasteiger partial charge < -0.3 is 36.1 Å². The van der Waals surface area contributed by atoms with Gasteiger partial charge in [0.1, 0.15) is 33.5 Å². The molecule has 0 aliphatic rings. The highest BCUT2D eigenvalue weighted by atomic mass is 16.3. The van der Waals surface area contributed by atoms with Gasteiger partial charge in [-0.1, -0.05) is 250 Å². The lowest BCUT2D eigenvalue weighted by atomic mass is 10.1. The first kappa shape index (κ1) is 86.8. The van der Waals surface area contributed by atoms with Gasteiger partial charge in [-0.05, 0) is 282 Å². The van der Waals surface area contributed by atoms with Gasteiger partial charge in [-0.15, -0.1) is 0 Å². The van der Waals surface area contributed by atoms with Crippen LogP contribution in [0.2, 0.25) is 0 Å². The average Bonchev–Trinajstić information content (AvgIpc) is 1.58. The lowest BCUT2D eigenvalue weighted by Crippen LogP contribution is -1.94. The number of fused-ring (bicyclic) bond motifs is 26. The van der Waals surface area contributed by atoms with E-state index in [1.54, 1.807) is 0 Å². The normalized spacial score (nSPS) is 11.4. The van der Waals surface area contributed by atoms with Crippen LogP contribution in [0.1, 0.15) is 72.3 Å². The molecule has 0 aliphatic heterocycles. The molecule has 18 aromatic carbocycles. The van der Waals surface area contributed by atoms with Crippen LogP contribution in [0.5, 0.6) is 0 Å². The molecule has 0 unspecified atom stereocenters. The van der Waals surface area contributed by atoms with E-state index in [2.05, 4.69) is 472 Å². The molecular weight excluding hydrogens is 1650 g/mol. The zero-order valence-electron chi connectivity index (χ0n) is 79.6. The third-order valence-electron chi connectivity index (χ3n) is 26.3. The van der Waals surface area contributed by atoms with Gasteiger partial charge in [0, 0.05) is 130 Å². The summed E-state index contributed by atoms with van der Waals surface area (Å²) in [7, 11) is 6.35. The maximum absolute atomic E-state index is 5.84. The van der Waals surface area contributed by atoms with Crippen molar-refractivity contribution in [1.82, 2.24) is 32.2 Å². The van der Waals surface area contributed by atoms with Gasteiger partial charge in [-0.25, -0.2) is 4.98 Å². The monoisotopic (exact) mass is 1760 g/mol. The second-order valence-electron chi connectivity index (χ2n) is 36.6. The van der Waals surface area contributed by atoms with Crippen molar-refractivity contribution < 1.29 is 13.3 Å². The van der Waals surface area contributed by atoms with Crippen LogP contribution in [0, 0.1) is 90.0 Å². The number of rotatable bonds is 2. The number of para-hydroxylation sites is 8. The number of aromatic nitrogens is 7. The number of hydrogen-bond acceptors (Lipinski definition) is 4. The summed E-state index contributed by atoms with van der Waals surface area (Å²) in [6.07, 6.45) is 0. The Morgan fingerprint density at radius 3 is 1.07 bits per heavy atom. The third-order valence-corrected chi connectivity index (χ3v) is 26.3. The minimum Gasteiger partial charge on any atom is -0.456 e. The molecule has 9 aromatic heterocycles. The lowest BCUT2D eigenvalue weighted by molar-refractivity contribution is 0.665. The smallest absolute Gasteiger partial charge is 0.215 e. The van der Waals surface area contributed by atoms with Gasteiger partial charge in [0.2, 0.25) is 5.78 Å². The van der Waals surface area contributed by atoms with Crippen molar-refractivity contribution in [2.45, 2.75) is 90.0 Å². The number of nitrogens with zero attached hydrogens (tertiary/aromatic N) is 7. The first-order valence-electron chi connectivity index (χ1n) is 46.5. The van der Waals surface area contributed by atoms with E-state index < -0.39 is 0 Å². The minimum absolute atomic E-state index is 0.973. The molecule has 9 heterocycles. The Labute approximate surface area is 786 Å². The summed E-state index contributed by atoms with van der Waals surface area (Å²) in [5.74, 6) is 0.997. The molecule has 0 saturated heterocycles. The highest BCUT2D eigenvalue weighted by Crippen LogP contribution is 2.40. The molecule has 662 valence electrons. The van der Waals surface area contributed by atoms with E-state index in [4.69, 9.17) is 18.2 Å². The summed E-state index contributed by atoms with van der Waals surface area (Å²) >= 11 is 0. The first-order chi connectivity index (χ1) is 65.5. The van der Waals surface area contributed by atoms with Crippen molar-refractivity contribution in [3.8, 4) is 11.4 Å². The Kier molecular flexibility index (Phi) is 23.3. The molecule has 10 heteroatoms. The van der Waals surface area contributed by atoms with Crippen molar-refractivity contribution in [3.63, 3.8) is 0 Å². The van der Waals surface area contributed by atoms with Crippen LogP contribution in [0.4, 0.5) is 0 Å². The summed E-state index contributed by atoms with van der Waals surface area (Å²) in [5.41, 5.74) is 39.9. The molecule has 0 N–H and O–H groups in total. The molecule has 0 spiro atoms. The largest absolute Gasteiger partial charge is 0.456 e. The van der Waals surface area contributed by atoms with Crippen LogP contribution < -0.4 is 0 Å². The molecule has 135 heavy (non-hydrogen) atoms. The second kappa shape index (κ2) is 36.2. The van der Waals surface area contributed by atoms with Crippen molar-refractivity contribution in [1.29, 1.82) is 0 Å². The van der Waals surface area contributed by atoms with E-state index in [9.17, 15) is 0 Å². The first-order valence-corrected chi connectivity index (χ1v) is 46.5. The Balaban J connectivity index is 0.0000000974. The molecule has 0 fully saturated rings. The lowest BCUT2D eigenvalue weighted by Gasteiger charge is -2.08. The van der Waals surface area contributed by atoms with E-state index in [-0.39, 0.29) is 0 Å². The summed E-state index contributed by atoms with van der Waals surface area (Å²) in [6.45, 7) is 27.6. The van der Waals surface area contributed by atoms with Gasteiger partial charge >= 0.3 is 0 Å². The highest BCUT2D eigenvalue weighted by molar-refractivity contribution is 6.14. The van der Waals surface area contributed by atoms with Crippen molar-refractivity contribution in [2.75, 3.05) is 0 Å². The standard InChI is InChI=1S/C26H20N2.C20H17N.C15H13N3.C14H13N.3C14H12O.C8H10/c1-17-11-13-23-21(15-17)22-16-18(12-14-24(22)27(23)2)28-25-9-5-3-7-19(25)20-8-4-6-10-26(20)28;1-14-8-10-19-17(12-14)18-13-15(2)9-11-20(18)21(19)16-6-4-3-5-7-16;1-10-7-8-13-14(9-10)18-12-6-4-3-5-11(12)16-15(18)17(13)2;1-10-7-8-14-12(9-10)11-5-3-4-6-13(11)15(14)2;1-9-3-5-13-11(7-9)12-8-10(2)4-6-14(12)15-13;1-9-6-7-13-12(8-9)11-5-3-4-10(2)14(11)15-13;1-9-7-10(2)14-12(8-9)11-5-3-4-6-13(11)15-14;1-7-4-3-5-8(2)6-7/h3-16H,1-2H3;3-13H,1-2H3;3-9H,1-2H3;3-9H,1-2H3;3*3-8H,1-2H3;3-6H,1-2H3. The molecule has 0 bridgehead atoms. The summed E-state index contributed by atoms with van der Waals surface area (Å²) in [5, 5.41) is 17.9. The van der Waals surface area contributed by atoms with E-state index in [1.807, 2.05) is 36.4 Å². The number of imidazole rings is 2. The van der Waals surface area contributed by atoms with Crippen LogP contribution in [0.3, 0.4) is 0 Å². The van der Waals surface area contributed by atoms with Gasteiger partial charge in [-0.2, -0.15) is 0 Å². The van der Waals surface area contributed by atoms with E-state index in [1.165, 1.54) is 220 Å². The average molecular weight is 1760 g/mol. The minimum atomic E-state index is 0.973. The van der Waals surface area contributed by atoms with Crippen LogP contribution in [0.15, 0.2) is 383 Å². The number of benzene rings is 18. The maximum atomic E-state index is 5.84. The maximum Gasteiger partial charge on any atom is 0.215 e. The van der Waals surface area contributed by atoms with Gasteiger partial charge in [0.15, 0.2) is 0 Å². The SMILES string of the molecule is Cc1cc(C)c2oc3ccccc3c2c1.Cc1ccc2c(c1)c1cc(-n3c4ccccc4c4ccccc43)ccc1n2C.Cc1ccc2c(c1)c1cc(C)ccc1n2-c1ccccc1.Cc1ccc2c(c1)c1ccccc1n2C.Cc1ccc2c(c1)n1c3ccccc3nc1n2C.Cc1ccc2oc3c(C)cccc3c2c1.Cc1ccc2oc3ccc(C)cc3c2c1.Cc1cccc(C)c1.